The molecule has 3 fully saturated rings. The van der Waals surface area contributed by atoms with Gasteiger partial charge >= 0.3 is 0 Å². The van der Waals surface area contributed by atoms with Crippen molar-refractivity contribution in [1.82, 2.24) is 19.7 Å². The molecule has 7 aromatic rings. The lowest BCUT2D eigenvalue weighted by molar-refractivity contribution is -0.384. The second kappa shape index (κ2) is 31.4. The zero-order valence-corrected chi connectivity index (χ0v) is 54.3. The number of aromatic nitrogens is 1. The number of ether oxygens (including phenoxy) is 3. The van der Waals surface area contributed by atoms with Crippen LogP contribution in [0.1, 0.15) is 72.6 Å². The number of carbonyl (C=O) groups is 2. The Morgan fingerprint density at radius 3 is 1.38 bits per heavy atom. The molecule has 88 heavy (non-hydrogen) atoms. The van der Waals surface area contributed by atoms with Crippen LogP contribution in [0.15, 0.2) is 148 Å². The van der Waals surface area contributed by atoms with E-state index >= 15 is 0 Å². The van der Waals surface area contributed by atoms with E-state index in [1.54, 1.807) is 33.5 Å². The van der Waals surface area contributed by atoms with E-state index in [1.165, 1.54) is 28.3 Å². The Balaban J connectivity index is 0.000000146. The number of rotatable bonds is 19. The summed E-state index contributed by atoms with van der Waals surface area (Å²) in [6.07, 6.45) is 7.62. The number of hydrogen-bond donors (Lipinski definition) is 1. The summed E-state index contributed by atoms with van der Waals surface area (Å²) in [7, 11) is 5.16. The lowest BCUT2D eigenvalue weighted by Crippen LogP contribution is -2.47. The minimum Gasteiger partial charge on any atom is -0.495 e. The minimum absolute atomic E-state index is 0.0751. The number of hydrogen-bond acceptors (Lipinski definition) is 15. The van der Waals surface area contributed by atoms with E-state index in [0.29, 0.717) is 24.4 Å². The largest absolute Gasteiger partial charge is 0.495 e. The number of fused-ring (bicyclic) bond motifs is 3. The number of ketones is 2. The van der Waals surface area contributed by atoms with E-state index in [-0.39, 0.29) is 22.4 Å². The second-order valence-electron chi connectivity index (χ2n) is 23.2. The molecular weight excluding hydrogens is 1240 g/mol. The van der Waals surface area contributed by atoms with E-state index < -0.39 is 0 Å². The average molecular weight is 1320 g/mol. The van der Waals surface area contributed by atoms with Gasteiger partial charge in [-0.25, -0.2) is 4.98 Å². The third kappa shape index (κ3) is 16.2. The number of Topliss-reactive ketones (excluding diaryl/α,β-unsaturated/α-hetero) is 2. The second-order valence-corrected chi connectivity index (χ2v) is 24.9. The van der Waals surface area contributed by atoms with Crippen molar-refractivity contribution in [3.8, 4) is 17.2 Å². The van der Waals surface area contributed by atoms with Gasteiger partial charge in [-0.1, -0.05) is 92.5 Å². The minimum atomic E-state index is -0.390. The van der Waals surface area contributed by atoms with Crippen molar-refractivity contribution in [3.63, 3.8) is 0 Å². The van der Waals surface area contributed by atoms with Crippen LogP contribution in [0.25, 0.3) is 10.9 Å². The maximum absolute atomic E-state index is 13.0. The van der Waals surface area contributed by atoms with E-state index in [1.807, 2.05) is 54.6 Å². The van der Waals surface area contributed by atoms with Crippen molar-refractivity contribution in [2.75, 3.05) is 146 Å². The van der Waals surface area contributed by atoms with Gasteiger partial charge in [-0.2, -0.15) is 0 Å². The Hall–Kier alpha value is -7.09. The van der Waals surface area contributed by atoms with Crippen molar-refractivity contribution in [3.05, 3.63) is 181 Å². The molecule has 3 aliphatic heterocycles. The van der Waals surface area contributed by atoms with Gasteiger partial charge in [0.1, 0.15) is 34.6 Å². The summed E-state index contributed by atoms with van der Waals surface area (Å²) in [4.78, 5) is 55.5. The molecule has 2 aliphatic carbocycles. The molecule has 12 rings (SSSR count). The SMILES string of the molecule is COc1ccccc1N1CCN(CCC(=O)C2CCCc3c(Br)cccc32)CC1.COc1ccccc1N1CCN(CCC(=O)C2CCCc3c(Br)cccc32)CC1.COc1ccccc1N1CCN(CCNc2ccc3cc([N+](=O)[O-])ccc3n2)CC1. The van der Waals surface area contributed by atoms with Crippen LogP contribution in [-0.4, -0.2) is 162 Å². The van der Waals surface area contributed by atoms with Gasteiger partial charge in [0.05, 0.1) is 48.8 Å². The first-order valence-electron chi connectivity index (χ1n) is 31.2. The number of methoxy groups -OCH3 is 3. The maximum Gasteiger partial charge on any atom is 0.270 e. The molecule has 0 saturated carbocycles. The Kier molecular flexibility index (Phi) is 22.8. The quantitative estimate of drug-likeness (QED) is 0.0604. The lowest BCUT2D eigenvalue weighted by Gasteiger charge is -2.36. The monoisotopic (exact) mass is 1320 g/mol. The predicted molar refractivity (Wildman–Crippen MR) is 361 cm³/mol. The summed E-state index contributed by atoms with van der Waals surface area (Å²) >= 11 is 7.32. The third-order valence-corrected chi connectivity index (χ3v) is 19.5. The molecule has 18 heteroatoms. The Bertz CT molecular complexity index is 3330. The number of nitrogens with zero attached hydrogens (tertiary/aromatic N) is 8. The standard InChI is InChI=1S/2C24H29BrN2O2.C22H25N5O3/c2*1-29-24-11-3-2-10-22(24)27-16-14-26(15-17-27)13-12-23(28)20-8-4-7-19-18(20)6-5-9-21(19)25;1-30-21-5-3-2-4-20(21)26-14-12-25(13-15-26)11-10-23-22-9-6-17-16-18(27(28)29)7-8-19(17)24-22/h2*2-3,5-6,9-11,20H,4,7-8,12-17H2,1H3;2-9,16H,10-15H2,1H3,(H,23,24). The number of para-hydroxylation sites is 6. The van der Waals surface area contributed by atoms with Gasteiger partial charge in [-0.15, -0.1) is 0 Å². The number of pyridine rings is 1. The average Bonchev–Trinajstić information content (AvgIpc) is 3.74. The number of nitrogens with one attached hydrogen (secondary N) is 1. The molecule has 0 amide bonds. The van der Waals surface area contributed by atoms with Crippen LogP contribution in [0, 0.1) is 10.1 Å². The first-order valence-corrected chi connectivity index (χ1v) is 32.8. The van der Waals surface area contributed by atoms with Crippen LogP contribution in [0.2, 0.25) is 0 Å². The fourth-order valence-corrected chi connectivity index (χ4v) is 14.3. The summed E-state index contributed by atoms with van der Waals surface area (Å²) in [6.45, 7) is 15.2. The molecule has 0 spiro atoms. The molecule has 0 bridgehead atoms. The van der Waals surface area contributed by atoms with Gasteiger partial charge in [0.25, 0.3) is 5.69 Å². The molecule has 6 aromatic carbocycles. The highest BCUT2D eigenvalue weighted by Crippen LogP contribution is 2.39. The van der Waals surface area contributed by atoms with E-state index in [4.69, 9.17) is 14.2 Å². The number of anilines is 4. The molecule has 4 heterocycles. The number of benzene rings is 6. The number of nitro groups is 1. The maximum atomic E-state index is 13.0. The highest BCUT2D eigenvalue weighted by Gasteiger charge is 2.30. The van der Waals surface area contributed by atoms with E-state index in [9.17, 15) is 19.7 Å². The topological polar surface area (TPSA) is 149 Å². The van der Waals surface area contributed by atoms with Crippen LogP contribution in [0.4, 0.5) is 28.6 Å². The fourth-order valence-electron chi connectivity index (χ4n) is 13.1. The zero-order chi connectivity index (χ0) is 61.4. The zero-order valence-electron chi connectivity index (χ0n) is 51.1. The molecule has 1 aromatic heterocycles. The van der Waals surface area contributed by atoms with E-state index in [0.717, 1.165) is 203 Å². The summed E-state index contributed by atoms with van der Waals surface area (Å²) in [5.41, 5.74) is 9.47. The highest BCUT2D eigenvalue weighted by atomic mass is 79.9. The van der Waals surface area contributed by atoms with Crippen LogP contribution in [0.5, 0.6) is 17.2 Å². The summed E-state index contributed by atoms with van der Waals surface area (Å²) in [5, 5.41) is 15.0. The third-order valence-electron chi connectivity index (χ3n) is 18.0. The van der Waals surface area contributed by atoms with E-state index in [2.05, 4.69) is 138 Å². The Morgan fingerprint density at radius 1 is 0.534 bits per heavy atom. The molecular formula is C70H83Br2N9O7. The normalized spacial score (nSPS) is 17.9. The lowest BCUT2D eigenvalue weighted by atomic mass is 9.80. The van der Waals surface area contributed by atoms with Gasteiger partial charge in [-0.3, -0.25) is 34.4 Å². The highest BCUT2D eigenvalue weighted by molar-refractivity contribution is 9.10. The Labute approximate surface area is 535 Å². The Morgan fingerprint density at radius 2 is 0.955 bits per heavy atom. The summed E-state index contributed by atoms with van der Waals surface area (Å²) < 4.78 is 18.8. The fraction of sp³-hybridized carbons (Fsp3) is 0.414. The first-order chi connectivity index (χ1) is 43.0. The summed E-state index contributed by atoms with van der Waals surface area (Å²) in [5.74, 6) is 4.51. The number of piperazine rings is 3. The van der Waals surface area contributed by atoms with Gasteiger partial charge in [0, 0.05) is 156 Å². The number of halogens is 2. The van der Waals surface area contributed by atoms with Crippen molar-refractivity contribution in [2.24, 2.45) is 0 Å². The molecule has 464 valence electrons. The number of non-ortho nitro benzene ring substituents is 1. The molecule has 0 radical (unpaired) electrons. The van der Waals surface area contributed by atoms with Crippen molar-refractivity contribution in [2.45, 2.75) is 63.2 Å². The van der Waals surface area contributed by atoms with Crippen LogP contribution < -0.4 is 34.2 Å². The van der Waals surface area contributed by atoms with Crippen LogP contribution >= 0.6 is 31.9 Å². The molecule has 16 nitrogen and oxygen atoms in total. The molecule has 2 atom stereocenters. The van der Waals surface area contributed by atoms with Crippen LogP contribution in [-0.2, 0) is 22.4 Å². The molecule has 1 N–H and O–H groups in total. The molecule has 3 saturated heterocycles. The predicted octanol–water partition coefficient (Wildman–Crippen LogP) is 12.7. The first kappa shape index (κ1) is 63.9. The van der Waals surface area contributed by atoms with Crippen molar-refractivity contribution >= 4 is 82.9 Å². The van der Waals surface area contributed by atoms with Crippen molar-refractivity contribution in [1.29, 1.82) is 0 Å². The van der Waals surface area contributed by atoms with Gasteiger partial charge in [-0.05, 0) is 128 Å². The van der Waals surface area contributed by atoms with Crippen LogP contribution in [0.3, 0.4) is 0 Å². The smallest absolute Gasteiger partial charge is 0.270 e. The molecule has 5 aliphatic rings. The number of carbonyl (C=O) groups excluding carboxylic acids is 2. The van der Waals surface area contributed by atoms with Gasteiger partial charge < -0.3 is 34.2 Å². The molecule has 2 unspecified atom stereocenters. The van der Waals surface area contributed by atoms with Crippen molar-refractivity contribution < 1.29 is 28.7 Å². The van der Waals surface area contributed by atoms with Gasteiger partial charge in [0.15, 0.2) is 0 Å². The number of nitro benzene ring substituents is 1. The summed E-state index contributed by atoms with van der Waals surface area (Å²) in [6, 6.07) is 45.6. The van der Waals surface area contributed by atoms with Gasteiger partial charge in [0.2, 0.25) is 0 Å².